The van der Waals surface area contributed by atoms with Crippen LogP contribution in [0.1, 0.15) is 17.3 Å². The molecule has 4 rings (SSSR count). The van der Waals surface area contributed by atoms with Gasteiger partial charge in [0, 0.05) is 31.7 Å². The van der Waals surface area contributed by atoms with E-state index in [9.17, 15) is 14.0 Å². The molecule has 0 bridgehead atoms. The maximum absolute atomic E-state index is 13.5. The first-order valence-electron chi connectivity index (χ1n) is 8.32. The second-order valence-electron chi connectivity index (χ2n) is 6.28. The molecule has 3 heterocycles. The van der Waals surface area contributed by atoms with Crippen LogP contribution in [0.25, 0.3) is 11.0 Å². The SMILES string of the molecule is CC1=NC(N2CCN(C(=O)c3ccc4nc[nH]c4c3)CC2)=NC(=O)C1F. The van der Waals surface area contributed by atoms with Gasteiger partial charge in [-0.15, -0.1) is 0 Å². The number of H-pyrrole nitrogens is 1. The van der Waals surface area contributed by atoms with Crippen molar-refractivity contribution < 1.29 is 14.0 Å². The number of halogens is 1. The molecule has 2 amide bonds. The Morgan fingerprint density at radius 1 is 1.23 bits per heavy atom. The zero-order chi connectivity index (χ0) is 18.3. The Kier molecular flexibility index (Phi) is 3.98. The fraction of sp³-hybridized carbons (Fsp3) is 0.353. The second-order valence-corrected chi connectivity index (χ2v) is 6.28. The average Bonchev–Trinajstić information content (AvgIpc) is 3.13. The van der Waals surface area contributed by atoms with Gasteiger partial charge < -0.3 is 14.8 Å². The van der Waals surface area contributed by atoms with E-state index in [4.69, 9.17) is 0 Å². The van der Waals surface area contributed by atoms with Gasteiger partial charge in [0.1, 0.15) is 0 Å². The molecule has 134 valence electrons. The Hall–Kier alpha value is -3.10. The molecule has 2 aliphatic rings. The molecule has 0 spiro atoms. The number of imidazole rings is 1. The molecule has 0 aliphatic carbocycles. The highest BCUT2D eigenvalue weighted by Gasteiger charge is 2.30. The largest absolute Gasteiger partial charge is 0.345 e. The molecular weight excluding hydrogens is 339 g/mol. The molecule has 2 aromatic rings. The van der Waals surface area contributed by atoms with Gasteiger partial charge in [0.25, 0.3) is 11.8 Å². The molecule has 1 unspecified atom stereocenters. The Morgan fingerprint density at radius 2 is 2.00 bits per heavy atom. The lowest BCUT2D eigenvalue weighted by Gasteiger charge is -2.35. The molecule has 1 N–H and O–H groups in total. The molecule has 1 aromatic carbocycles. The van der Waals surface area contributed by atoms with E-state index in [0.29, 0.717) is 31.7 Å². The molecule has 8 nitrogen and oxygen atoms in total. The van der Waals surface area contributed by atoms with Crippen LogP contribution in [0.2, 0.25) is 0 Å². The number of piperazine rings is 1. The summed E-state index contributed by atoms with van der Waals surface area (Å²) in [6, 6.07) is 5.36. The summed E-state index contributed by atoms with van der Waals surface area (Å²) in [5, 5.41) is 0. The lowest BCUT2D eigenvalue weighted by molar-refractivity contribution is -0.120. The maximum atomic E-state index is 13.5. The van der Waals surface area contributed by atoms with E-state index in [0.717, 1.165) is 11.0 Å². The van der Waals surface area contributed by atoms with E-state index in [1.54, 1.807) is 28.3 Å². The van der Waals surface area contributed by atoms with Crippen LogP contribution in [-0.4, -0.2) is 75.6 Å². The van der Waals surface area contributed by atoms with Gasteiger partial charge in [-0.1, -0.05) is 0 Å². The number of carbonyl (C=O) groups is 2. The number of nitrogens with one attached hydrogen (secondary N) is 1. The minimum atomic E-state index is -1.75. The summed E-state index contributed by atoms with van der Waals surface area (Å²) in [5.74, 6) is -0.655. The van der Waals surface area contributed by atoms with Crippen molar-refractivity contribution in [2.45, 2.75) is 13.1 Å². The van der Waals surface area contributed by atoms with E-state index >= 15 is 0 Å². The number of hydrogen-bond donors (Lipinski definition) is 1. The van der Waals surface area contributed by atoms with Gasteiger partial charge in [-0.25, -0.2) is 14.4 Å². The molecule has 0 radical (unpaired) electrons. The third kappa shape index (κ3) is 2.85. The molecule has 9 heteroatoms. The van der Waals surface area contributed by atoms with Crippen molar-refractivity contribution in [2.75, 3.05) is 26.2 Å². The van der Waals surface area contributed by atoms with Crippen molar-refractivity contribution in [3.63, 3.8) is 0 Å². The number of fused-ring (bicyclic) bond motifs is 1. The number of aromatic nitrogens is 2. The van der Waals surface area contributed by atoms with E-state index in [-0.39, 0.29) is 17.6 Å². The van der Waals surface area contributed by atoms with Crippen molar-refractivity contribution >= 4 is 34.5 Å². The minimum absolute atomic E-state index is 0.0636. The monoisotopic (exact) mass is 356 g/mol. The van der Waals surface area contributed by atoms with E-state index in [1.807, 2.05) is 6.07 Å². The molecular formula is C17H17FN6O2. The van der Waals surface area contributed by atoms with Crippen molar-refractivity contribution in [3.8, 4) is 0 Å². The first-order chi connectivity index (χ1) is 12.5. The maximum Gasteiger partial charge on any atom is 0.289 e. The quantitative estimate of drug-likeness (QED) is 0.825. The number of alkyl halides is 1. The summed E-state index contributed by atoms with van der Waals surface area (Å²) in [6.07, 6.45) is -0.159. The zero-order valence-electron chi connectivity index (χ0n) is 14.1. The van der Waals surface area contributed by atoms with Gasteiger partial charge in [-0.05, 0) is 25.1 Å². The number of hydrogen-bond acceptors (Lipinski definition) is 5. The van der Waals surface area contributed by atoms with Gasteiger partial charge in [-0.2, -0.15) is 4.99 Å². The Balaban J connectivity index is 1.44. The van der Waals surface area contributed by atoms with Crippen molar-refractivity contribution in [2.24, 2.45) is 9.98 Å². The minimum Gasteiger partial charge on any atom is -0.345 e. The highest BCUT2D eigenvalue weighted by molar-refractivity contribution is 6.16. The van der Waals surface area contributed by atoms with Gasteiger partial charge in [0.15, 0.2) is 0 Å². The Labute approximate surface area is 148 Å². The fourth-order valence-electron chi connectivity index (χ4n) is 3.08. The summed E-state index contributed by atoms with van der Waals surface area (Å²) in [7, 11) is 0. The predicted octanol–water partition coefficient (Wildman–Crippen LogP) is 1.02. The predicted molar refractivity (Wildman–Crippen MR) is 94.0 cm³/mol. The smallest absolute Gasteiger partial charge is 0.289 e. The third-order valence-electron chi connectivity index (χ3n) is 4.59. The van der Waals surface area contributed by atoms with Gasteiger partial charge in [0.2, 0.25) is 12.1 Å². The molecule has 1 fully saturated rings. The summed E-state index contributed by atoms with van der Waals surface area (Å²) in [6.45, 7) is 3.39. The van der Waals surface area contributed by atoms with Crippen LogP contribution in [0, 0.1) is 0 Å². The topological polar surface area (TPSA) is 94.0 Å². The molecule has 2 aliphatic heterocycles. The number of benzene rings is 1. The van der Waals surface area contributed by atoms with Crippen LogP contribution in [0.4, 0.5) is 4.39 Å². The highest BCUT2D eigenvalue weighted by Crippen LogP contribution is 2.16. The number of carbonyl (C=O) groups excluding carboxylic acids is 2. The van der Waals surface area contributed by atoms with Crippen LogP contribution in [-0.2, 0) is 4.79 Å². The van der Waals surface area contributed by atoms with E-state index in [2.05, 4.69) is 20.0 Å². The molecule has 0 saturated carbocycles. The number of nitrogens with zero attached hydrogens (tertiary/aromatic N) is 5. The summed E-state index contributed by atoms with van der Waals surface area (Å²) < 4.78 is 13.5. The van der Waals surface area contributed by atoms with Crippen molar-refractivity contribution in [3.05, 3.63) is 30.1 Å². The number of rotatable bonds is 1. The van der Waals surface area contributed by atoms with E-state index in [1.165, 1.54) is 6.92 Å². The normalized spacial score (nSPS) is 21.0. The number of guanidine groups is 1. The number of aliphatic imine (C=N–C) groups is 2. The van der Waals surface area contributed by atoms with Gasteiger partial charge in [-0.3, -0.25) is 9.59 Å². The van der Waals surface area contributed by atoms with Gasteiger partial charge >= 0.3 is 0 Å². The average molecular weight is 356 g/mol. The summed E-state index contributed by atoms with van der Waals surface area (Å²) in [5.41, 5.74) is 2.33. The molecule has 1 atom stereocenters. The standard InChI is InChI=1S/C17H17FN6O2/c1-10-14(18)15(25)22-17(21-10)24-6-4-23(5-7-24)16(26)11-2-3-12-13(8-11)20-9-19-12/h2-3,8-9,14H,4-7H2,1H3,(H,19,20). The number of aromatic amines is 1. The van der Waals surface area contributed by atoms with Crippen molar-refractivity contribution in [1.29, 1.82) is 0 Å². The van der Waals surface area contributed by atoms with Crippen LogP contribution >= 0.6 is 0 Å². The first kappa shape index (κ1) is 16.4. The zero-order valence-corrected chi connectivity index (χ0v) is 14.1. The first-order valence-corrected chi connectivity index (χ1v) is 8.32. The Bertz CT molecular complexity index is 942. The molecule has 26 heavy (non-hydrogen) atoms. The van der Waals surface area contributed by atoms with Gasteiger partial charge in [0.05, 0.1) is 23.1 Å². The van der Waals surface area contributed by atoms with Crippen LogP contribution in [0.3, 0.4) is 0 Å². The second kappa shape index (κ2) is 6.32. The lowest BCUT2D eigenvalue weighted by atomic mass is 10.1. The fourth-order valence-corrected chi connectivity index (χ4v) is 3.08. The summed E-state index contributed by atoms with van der Waals surface area (Å²) in [4.78, 5) is 42.7. The highest BCUT2D eigenvalue weighted by atomic mass is 19.1. The van der Waals surface area contributed by atoms with Crippen LogP contribution < -0.4 is 0 Å². The van der Waals surface area contributed by atoms with E-state index < -0.39 is 12.1 Å². The van der Waals surface area contributed by atoms with Crippen molar-refractivity contribution in [1.82, 2.24) is 19.8 Å². The number of amides is 2. The van der Waals surface area contributed by atoms with Crippen LogP contribution in [0.15, 0.2) is 34.5 Å². The van der Waals surface area contributed by atoms with Crippen LogP contribution in [0.5, 0.6) is 0 Å². The molecule has 1 saturated heterocycles. The lowest BCUT2D eigenvalue weighted by Crippen LogP contribution is -2.51. The third-order valence-corrected chi connectivity index (χ3v) is 4.59. The summed E-state index contributed by atoms with van der Waals surface area (Å²) >= 11 is 0. The molecule has 1 aromatic heterocycles. The Morgan fingerprint density at radius 3 is 2.73 bits per heavy atom.